The maximum Gasteiger partial charge on any atom is 0.147 e. The van der Waals surface area contributed by atoms with Crippen LogP contribution in [0.2, 0.25) is 0 Å². The summed E-state index contributed by atoms with van der Waals surface area (Å²) in [6.07, 6.45) is 4.97. The predicted octanol–water partition coefficient (Wildman–Crippen LogP) is 4.00. The molecule has 0 amide bonds. The fourth-order valence-electron chi connectivity index (χ4n) is 3.05. The van der Waals surface area contributed by atoms with E-state index in [-0.39, 0.29) is 0 Å². The van der Waals surface area contributed by atoms with Gasteiger partial charge in [0.15, 0.2) is 0 Å². The maximum atomic E-state index is 5.56. The summed E-state index contributed by atoms with van der Waals surface area (Å²) in [5.74, 6) is 2.32. The van der Waals surface area contributed by atoms with Crippen LogP contribution in [0.25, 0.3) is 27.3 Å². The van der Waals surface area contributed by atoms with E-state index in [1.54, 1.807) is 7.11 Å². The van der Waals surface area contributed by atoms with Gasteiger partial charge in [0.25, 0.3) is 0 Å². The Hall–Kier alpha value is -2.36. The number of hydrogen-bond acceptors (Lipinski definition) is 3. The molecule has 4 nitrogen and oxygen atoms in total. The number of aromatic nitrogens is 3. The fraction of sp³-hybridized carbons (Fsp3) is 0.294. The smallest absolute Gasteiger partial charge is 0.147 e. The fourth-order valence-corrected chi connectivity index (χ4v) is 3.05. The molecule has 1 aromatic carbocycles. The number of benzene rings is 1. The molecule has 0 radical (unpaired) electrons. The Morgan fingerprint density at radius 1 is 1.33 bits per heavy atom. The monoisotopic (exact) mass is 279 g/mol. The van der Waals surface area contributed by atoms with Crippen LogP contribution in [-0.2, 0) is 0 Å². The van der Waals surface area contributed by atoms with Crippen molar-refractivity contribution in [2.75, 3.05) is 7.11 Å². The number of nitrogens with zero attached hydrogens (tertiary/aromatic N) is 3. The van der Waals surface area contributed by atoms with Gasteiger partial charge in [0.05, 0.1) is 18.1 Å². The van der Waals surface area contributed by atoms with Crippen molar-refractivity contribution >= 4 is 27.3 Å². The summed E-state index contributed by atoms with van der Waals surface area (Å²) in [6.45, 7) is 4.40. The number of methoxy groups -OCH3 is 1. The summed E-state index contributed by atoms with van der Waals surface area (Å²) < 4.78 is 7.76. The molecule has 4 heteroatoms. The van der Waals surface area contributed by atoms with Gasteiger partial charge in [0.1, 0.15) is 17.1 Å². The highest BCUT2D eigenvalue weighted by molar-refractivity contribution is 6.14. The number of ether oxygens (including phenoxy) is 1. The third-order valence-corrected chi connectivity index (χ3v) is 4.36. The van der Waals surface area contributed by atoms with Gasteiger partial charge in [-0.2, -0.15) is 0 Å². The largest absolute Gasteiger partial charge is 0.494 e. The van der Waals surface area contributed by atoms with Crippen LogP contribution in [0.5, 0.6) is 5.75 Å². The lowest BCUT2D eigenvalue weighted by Gasteiger charge is -2.10. The van der Waals surface area contributed by atoms with Crippen LogP contribution >= 0.6 is 0 Å². The highest BCUT2D eigenvalue weighted by Crippen LogP contribution is 2.37. The second-order valence-electron chi connectivity index (χ2n) is 5.54. The van der Waals surface area contributed by atoms with Gasteiger partial charge in [-0.05, 0) is 30.0 Å². The topological polar surface area (TPSA) is 39.4 Å². The molecule has 106 valence electrons. The first kappa shape index (κ1) is 12.4. The Labute approximate surface area is 122 Å². The van der Waals surface area contributed by atoms with Gasteiger partial charge in [-0.3, -0.25) is 4.98 Å². The molecule has 0 bridgehead atoms. The normalized spacial score (nSPS) is 13.5. The van der Waals surface area contributed by atoms with Crippen LogP contribution in [0.3, 0.4) is 0 Å². The van der Waals surface area contributed by atoms with E-state index in [4.69, 9.17) is 9.72 Å². The van der Waals surface area contributed by atoms with E-state index in [9.17, 15) is 0 Å². The van der Waals surface area contributed by atoms with Crippen molar-refractivity contribution < 1.29 is 4.74 Å². The molecular formula is C17H17N3O. The van der Waals surface area contributed by atoms with Crippen molar-refractivity contribution in [1.29, 1.82) is 0 Å². The summed E-state index contributed by atoms with van der Waals surface area (Å²) >= 11 is 0. The number of pyridine rings is 2. The van der Waals surface area contributed by atoms with E-state index >= 15 is 0 Å². The van der Waals surface area contributed by atoms with E-state index in [0.29, 0.717) is 5.92 Å². The zero-order valence-electron chi connectivity index (χ0n) is 12.4. The first-order chi connectivity index (χ1) is 10.2. The highest BCUT2D eigenvalue weighted by atomic mass is 16.5. The minimum atomic E-state index is 0.403. The van der Waals surface area contributed by atoms with Crippen molar-refractivity contribution in [2.24, 2.45) is 0 Å². The van der Waals surface area contributed by atoms with Crippen molar-refractivity contribution in [3.8, 4) is 5.75 Å². The summed E-state index contributed by atoms with van der Waals surface area (Å²) in [6, 6.07) is 6.15. The zero-order chi connectivity index (χ0) is 14.6. The van der Waals surface area contributed by atoms with Crippen LogP contribution in [0, 0.1) is 0 Å². The van der Waals surface area contributed by atoms with Crippen LogP contribution in [0.1, 0.15) is 32.0 Å². The summed E-state index contributed by atoms with van der Waals surface area (Å²) in [5, 5.41) is 2.31. The molecule has 4 rings (SSSR count). The maximum absolute atomic E-state index is 5.56. The molecule has 1 unspecified atom stereocenters. The second kappa shape index (κ2) is 4.32. The van der Waals surface area contributed by atoms with Gasteiger partial charge in [-0.25, -0.2) is 4.98 Å². The third-order valence-electron chi connectivity index (χ3n) is 4.36. The predicted molar refractivity (Wildman–Crippen MR) is 84.4 cm³/mol. The van der Waals surface area contributed by atoms with Crippen LogP contribution in [0.4, 0.5) is 0 Å². The van der Waals surface area contributed by atoms with Crippen LogP contribution < -0.4 is 4.74 Å². The van der Waals surface area contributed by atoms with Gasteiger partial charge in [0.2, 0.25) is 0 Å². The average Bonchev–Trinajstić information content (AvgIpc) is 2.92. The lowest BCUT2D eigenvalue weighted by molar-refractivity contribution is 0.419. The molecule has 0 aliphatic carbocycles. The molecule has 21 heavy (non-hydrogen) atoms. The number of hydrogen-bond donors (Lipinski definition) is 0. The number of imidazole rings is 1. The minimum absolute atomic E-state index is 0.403. The molecular weight excluding hydrogens is 262 g/mol. The minimum Gasteiger partial charge on any atom is -0.494 e. The van der Waals surface area contributed by atoms with Gasteiger partial charge in [-0.15, -0.1) is 0 Å². The Kier molecular flexibility index (Phi) is 2.55. The zero-order valence-corrected chi connectivity index (χ0v) is 12.4. The Morgan fingerprint density at radius 3 is 2.95 bits per heavy atom. The van der Waals surface area contributed by atoms with Gasteiger partial charge in [-0.1, -0.05) is 13.8 Å². The van der Waals surface area contributed by atoms with E-state index in [1.165, 1.54) is 0 Å². The molecule has 0 aliphatic heterocycles. The second-order valence-corrected chi connectivity index (χ2v) is 5.54. The molecule has 4 aromatic rings. The van der Waals surface area contributed by atoms with Crippen molar-refractivity contribution in [2.45, 2.75) is 26.2 Å². The van der Waals surface area contributed by atoms with Gasteiger partial charge < -0.3 is 9.14 Å². The third kappa shape index (κ3) is 1.56. The first-order valence-electron chi connectivity index (χ1n) is 7.30. The van der Waals surface area contributed by atoms with Gasteiger partial charge >= 0.3 is 0 Å². The lowest BCUT2D eigenvalue weighted by atomic mass is 10.1. The van der Waals surface area contributed by atoms with Gasteiger partial charge in [0, 0.05) is 23.7 Å². The Morgan fingerprint density at radius 2 is 2.19 bits per heavy atom. The molecule has 0 saturated heterocycles. The first-order valence-corrected chi connectivity index (χ1v) is 7.30. The van der Waals surface area contributed by atoms with E-state index in [1.807, 2.05) is 12.3 Å². The van der Waals surface area contributed by atoms with E-state index < -0.39 is 0 Å². The molecule has 0 aliphatic rings. The van der Waals surface area contributed by atoms with E-state index in [0.717, 1.165) is 45.3 Å². The average molecular weight is 279 g/mol. The molecule has 0 N–H and O–H groups in total. The van der Waals surface area contributed by atoms with Crippen LogP contribution in [0.15, 0.2) is 30.6 Å². The SMILES string of the molecule is CCC(C)c1nc2c(OC)cc3ccnc4ccn1c2c34. The highest BCUT2D eigenvalue weighted by Gasteiger charge is 2.20. The number of rotatable bonds is 3. The molecule has 0 spiro atoms. The summed E-state index contributed by atoms with van der Waals surface area (Å²) in [5.41, 5.74) is 3.05. The van der Waals surface area contributed by atoms with Crippen molar-refractivity contribution in [1.82, 2.24) is 14.4 Å². The van der Waals surface area contributed by atoms with Crippen molar-refractivity contribution in [3.63, 3.8) is 0 Å². The Bertz CT molecular complexity index is 941. The van der Waals surface area contributed by atoms with Crippen molar-refractivity contribution in [3.05, 3.63) is 36.4 Å². The molecule has 0 fully saturated rings. The summed E-state index contributed by atoms with van der Waals surface area (Å²) in [4.78, 5) is 9.35. The molecule has 1 atom stereocenters. The van der Waals surface area contributed by atoms with E-state index in [2.05, 4.69) is 41.6 Å². The molecule has 3 aromatic heterocycles. The Balaban J connectivity index is 2.26. The molecule has 3 heterocycles. The standard InChI is InChI=1S/C17H17N3O/c1-4-10(2)17-19-15-13(21-3)9-11-5-7-18-12-6-8-20(17)16(15)14(11)12/h5-10H,4H2,1-3H3. The lowest BCUT2D eigenvalue weighted by Crippen LogP contribution is -1.99. The quantitative estimate of drug-likeness (QED) is 0.569. The molecule has 0 saturated carbocycles. The summed E-state index contributed by atoms with van der Waals surface area (Å²) in [7, 11) is 1.70. The van der Waals surface area contributed by atoms with Crippen LogP contribution in [-0.4, -0.2) is 21.5 Å².